The van der Waals surface area contributed by atoms with Crippen LogP contribution in [0.4, 0.5) is 11.4 Å². The SMILES string of the molecule is Cc1cccc(Nc2c3ccccc3cc3c2oc2c(-c4ccccc4)cccc23)c1. The number of furan rings is 1. The Labute approximate surface area is 180 Å². The summed E-state index contributed by atoms with van der Waals surface area (Å²) < 4.78 is 6.62. The second-order valence-corrected chi connectivity index (χ2v) is 7.99. The van der Waals surface area contributed by atoms with Crippen LogP contribution in [0.5, 0.6) is 0 Å². The van der Waals surface area contributed by atoms with Gasteiger partial charge in [-0.3, -0.25) is 0 Å². The van der Waals surface area contributed by atoms with E-state index in [0.717, 1.165) is 49.8 Å². The van der Waals surface area contributed by atoms with Gasteiger partial charge in [0.15, 0.2) is 5.58 Å². The number of hydrogen-bond acceptors (Lipinski definition) is 2. The van der Waals surface area contributed by atoms with E-state index < -0.39 is 0 Å². The van der Waals surface area contributed by atoms with E-state index in [4.69, 9.17) is 4.42 Å². The molecule has 0 aliphatic heterocycles. The summed E-state index contributed by atoms with van der Waals surface area (Å²) in [5.41, 5.74) is 7.36. The van der Waals surface area contributed by atoms with Crippen LogP contribution in [0, 0.1) is 6.92 Å². The lowest BCUT2D eigenvalue weighted by Gasteiger charge is -2.11. The van der Waals surface area contributed by atoms with Crippen LogP contribution in [-0.4, -0.2) is 0 Å². The summed E-state index contributed by atoms with van der Waals surface area (Å²) in [7, 11) is 0. The van der Waals surface area contributed by atoms with Crippen LogP contribution < -0.4 is 5.32 Å². The zero-order valence-electron chi connectivity index (χ0n) is 17.2. The van der Waals surface area contributed by atoms with Crippen LogP contribution in [0.15, 0.2) is 108 Å². The Morgan fingerprint density at radius 3 is 2.26 bits per heavy atom. The van der Waals surface area contributed by atoms with Crippen LogP contribution in [-0.2, 0) is 0 Å². The lowest BCUT2D eigenvalue weighted by molar-refractivity contribution is 0.671. The second-order valence-electron chi connectivity index (χ2n) is 7.99. The van der Waals surface area contributed by atoms with Gasteiger partial charge < -0.3 is 9.73 Å². The third-order valence-corrected chi connectivity index (χ3v) is 5.88. The normalized spacial score (nSPS) is 11.4. The molecule has 0 saturated carbocycles. The smallest absolute Gasteiger partial charge is 0.159 e. The summed E-state index contributed by atoms with van der Waals surface area (Å²) in [6, 6.07) is 36.0. The monoisotopic (exact) mass is 399 g/mol. The Hall–Kier alpha value is -4.04. The van der Waals surface area contributed by atoms with Crippen molar-refractivity contribution in [3.63, 3.8) is 0 Å². The molecule has 2 heteroatoms. The van der Waals surface area contributed by atoms with Crippen molar-refractivity contribution < 1.29 is 4.42 Å². The third kappa shape index (κ3) is 2.96. The molecule has 6 rings (SSSR count). The van der Waals surface area contributed by atoms with Gasteiger partial charge in [-0.1, -0.05) is 84.9 Å². The first-order chi connectivity index (χ1) is 15.3. The van der Waals surface area contributed by atoms with Crippen molar-refractivity contribution in [2.45, 2.75) is 6.92 Å². The minimum Gasteiger partial charge on any atom is -0.453 e. The molecule has 0 fully saturated rings. The number of fused-ring (bicyclic) bond motifs is 4. The maximum atomic E-state index is 6.62. The summed E-state index contributed by atoms with van der Waals surface area (Å²) in [5, 5.41) is 8.26. The molecule has 2 nitrogen and oxygen atoms in total. The predicted molar refractivity (Wildman–Crippen MR) is 131 cm³/mol. The molecule has 5 aromatic carbocycles. The van der Waals surface area contributed by atoms with Gasteiger partial charge >= 0.3 is 0 Å². The van der Waals surface area contributed by atoms with Crippen LogP contribution in [0.25, 0.3) is 43.8 Å². The number of nitrogens with one attached hydrogen (secondary N) is 1. The number of aryl methyl sites for hydroxylation is 1. The number of para-hydroxylation sites is 1. The maximum absolute atomic E-state index is 6.62. The minimum atomic E-state index is 0.888. The van der Waals surface area contributed by atoms with Crippen molar-refractivity contribution in [1.82, 2.24) is 0 Å². The molecular formula is C29H21NO. The predicted octanol–water partition coefficient (Wildman–Crippen LogP) is 8.46. The number of anilines is 2. The molecule has 0 saturated heterocycles. The van der Waals surface area contributed by atoms with Gasteiger partial charge in [-0.2, -0.15) is 0 Å². The Morgan fingerprint density at radius 2 is 1.39 bits per heavy atom. The van der Waals surface area contributed by atoms with Crippen LogP contribution in [0.1, 0.15) is 5.56 Å². The molecule has 1 aromatic heterocycles. The van der Waals surface area contributed by atoms with E-state index in [2.05, 4.69) is 109 Å². The first kappa shape index (κ1) is 17.8. The molecule has 0 unspecified atom stereocenters. The molecule has 0 atom stereocenters. The molecule has 148 valence electrons. The summed E-state index contributed by atoms with van der Waals surface area (Å²) in [5.74, 6) is 0. The largest absolute Gasteiger partial charge is 0.453 e. The van der Waals surface area contributed by atoms with Crippen LogP contribution in [0.3, 0.4) is 0 Å². The van der Waals surface area contributed by atoms with Gasteiger partial charge in [-0.05, 0) is 41.6 Å². The first-order valence-electron chi connectivity index (χ1n) is 10.5. The van der Waals surface area contributed by atoms with Gasteiger partial charge in [0.25, 0.3) is 0 Å². The Morgan fingerprint density at radius 1 is 0.613 bits per heavy atom. The van der Waals surface area contributed by atoms with Gasteiger partial charge in [-0.25, -0.2) is 0 Å². The fourth-order valence-electron chi connectivity index (χ4n) is 4.43. The summed E-state index contributed by atoms with van der Waals surface area (Å²) in [4.78, 5) is 0. The zero-order chi connectivity index (χ0) is 20.8. The van der Waals surface area contributed by atoms with Crippen molar-refractivity contribution in [3.8, 4) is 11.1 Å². The van der Waals surface area contributed by atoms with E-state index in [-0.39, 0.29) is 0 Å². The third-order valence-electron chi connectivity index (χ3n) is 5.88. The number of rotatable bonds is 3. The summed E-state index contributed by atoms with van der Waals surface area (Å²) >= 11 is 0. The van der Waals surface area contributed by atoms with Gasteiger partial charge in [0.05, 0.1) is 5.69 Å². The highest BCUT2D eigenvalue weighted by atomic mass is 16.3. The molecule has 31 heavy (non-hydrogen) atoms. The van der Waals surface area contributed by atoms with E-state index in [1.165, 1.54) is 10.9 Å². The molecule has 6 aromatic rings. The van der Waals surface area contributed by atoms with Crippen molar-refractivity contribution in [2.75, 3.05) is 5.32 Å². The molecule has 0 amide bonds. The van der Waals surface area contributed by atoms with Crippen molar-refractivity contribution in [3.05, 3.63) is 109 Å². The topological polar surface area (TPSA) is 25.2 Å². The molecule has 0 bridgehead atoms. The highest BCUT2D eigenvalue weighted by molar-refractivity contribution is 6.19. The van der Waals surface area contributed by atoms with Gasteiger partial charge in [0.1, 0.15) is 5.58 Å². The van der Waals surface area contributed by atoms with E-state index in [1.54, 1.807) is 0 Å². The van der Waals surface area contributed by atoms with E-state index in [1.807, 2.05) is 6.07 Å². The molecular weight excluding hydrogens is 378 g/mol. The fraction of sp³-hybridized carbons (Fsp3) is 0.0345. The van der Waals surface area contributed by atoms with Crippen LogP contribution >= 0.6 is 0 Å². The molecule has 0 radical (unpaired) electrons. The van der Waals surface area contributed by atoms with Crippen molar-refractivity contribution in [1.29, 1.82) is 0 Å². The molecule has 0 aliphatic rings. The van der Waals surface area contributed by atoms with Crippen molar-refractivity contribution >= 4 is 44.1 Å². The fourth-order valence-corrected chi connectivity index (χ4v) is 4.43. The second kappa shape index (κ2) is 7.03. The Bertz CT molecular complexity index is 1560. The molecule has 0 spiro atoms. The quantitative estimate of drug-likeness (QED) is 0.323. The summed E-state index contributed by atoms with van der Waals surface area (Å²) in [6.07, 6.45) is 0. The van der Waals surface area contributed by atoms with Crippen molar-refractivity contribution in [2.24, 2.45) is 0 Å². The Balaban J connectivity index is 1.68. The van der Waals surface area contributed by atoms with E-state index in [9.17, 15) is 0 Å². The summed E-state index contributed by atoms with van der Waals surface area (Å²) in [6.45, 7) is 2.11. The number of benzene rings is 5. The lowest BCUT2D eigenvalue weighted by atomic mass is 10.0. The molecule has 1 heterocycles. The minimum absolute atomic E-state index is 0.888. The highest BCUT2D eigenvalue weighted by Crippen LogP contribution is 2.42. The first-order valence-corrected chi connectivity index (χ1v) is 10.5. The Kier molecular flexibility index (Phi) is 4.03. The number of hydrogen-bond donors (Lipinski definition) is 1. The average Bonchev–Trinajstić information content (AvgIpc) is 3.18. The van der Waals surface area contributed by atoms with Crippen LogP contribution in [0.2, 0.25) is 0 Å². The zero-order valence-corrected chi connectivity index (χ0v) is 17.2. The van der Waals surface area contributed by atoms with Gasteiger partial charge in [0, 0.05) is 27.4 Å². The average molecular weight is 399 g/mol. The van der Waals surface area contributed by atoms with E-state index in [0.29, 0.717) is 0 Å². The highest BCUT2D eigenvalue weighted by Gasteiger charge is 2.17. The molecule has 1 N–H and O–H groups in total. The molecule has 0 aliphatic carbocycles. The maximum Gasteiger partial charge on any atom is 0.159 e. The standard InChI is InChI=1S/C29H21NO/c1-19-9-7-13-22(17-19)30-27-23-14-6-5-12-21(23)18-26-25-16-8-15-24(28(25)31-29(26)27)20-10-3-2-4-11-20/h2-18,30H,1H3. The lowest BCUT2D eigenvalue weighted by Crippen LogP contribution is -1.93. The van der Waals surface area contributed by atoms with Gasteiger partial charge in [-0.15, -0.1) is 0 Å². The van der Waals surface area contributed by atoms with Gasteiger partial charge in [0.2, 0.25) is 0 Å². The van der Waals surface area contributed by atoms with E-state index >= 15 is 0 Å².